The molecule has 0 aromatic heterocycles. The molecule has 124 valence electrons. The van der Waals surface area contributed by atoms with E-state index in [1.165, 1.54) is 5.56 Å². The second kappa shape index (κ2) is 8.57. The number of nitrogens with one attached hydrogen (secondary N) is 1. The third-order valence-corrected chi connectivity index (χ3v) is 4.76. The maximum absolute atomic E-state index is 12.3. The summed E-state index contributed by atoms with van der Waals surface area (Å²) >= 11 is 0. The van der Waals surface area contributed by atoms with Crippen molar-refractivity contribution in [2.45, 2.75) is 33.1 Å². The molecule has 4 nitrogen and oxygen atoms in total. The van der Waals surface area contributed by atoms with Crippen LogP contribution in [0.15, 0.2) is 30.3 Å². The highest BCUT2D eigenvalue weighted by atomic mass is 16.2. The lowest BCUT2D eigenvalue weighted by molar-refractivity contribution is 0.176. The molecular weight excluding hydrogens is 286 g/mol. The molecule has 2 rings (SSSR count). The Hall–Kier alpha value is -2.02. The van der Waals surface area contributed by atoms with Gasteiger partial charge in [-0.2, -0.15) is 5.26 Å². The number of likely N-dealkylation sites (tertiary alicyclic amines) is 1. The van der Waals surface area contributed by atoms with Crippen LogP contribution in [0, 0.1) is 29.1 Å². The first-order valence-electron chi connectivity index (χ1n) is 8.56. The molecule has 4 heteroatoms. The van der Waals surface area contributed by atoms with Crippen molar-refractivity contribution in [3.05, 3.63) is 35.9 Å². The van der Waals surface area contributed by atoms with E-state index in [1.54, 1.807) is 0 Å². The fraction of sp³-hybridized carbons (Fsp3) is 0.579. The van der Waals surface area contributed by atoms with Crippen LogP contribution in [0.2, 0.25) is 0 Å². The molecule has 1 N–H and O–H groups in total. The van der Waals surface area contributed by atoms with Crippen LogP contribution in [0.4, 0.5) is 4.79 Å². The lowest BCUT2D eigenvalue weighted by Gasteiger charge is -2.30. The highest BCUT2D eigenvalue weighted by Gasteiger charge is 2.23. The van der Waals surface area contributed by atoms with E-state index in [4.69, 9.17) is 5.26 Å². The molecular formula is C19H27N3O. The number of nitriles is 1. The van der Waals surface area contributed by atoms with Crippen LogP contribution < -0.4 is 5.32 Å². The maximum atomic E-state index is 12.3. The van der Waals surface area contributed by atoms with Gasteiger partial charge in [0.05, 0.1) is 6.07 Å². The van der Waals surface area contributed by atoms with Crippen molar-refractivity contribution >= 4 is 6.03 Å². The van der Waals surface area contributed by atoms with E-state index < -0.39 is 0 Å². The van der Waals surface area contributed by atoms with E-state index in [2.05, 4.69) is 49.5 Å². The third-order valence-electron chi connectivity index (χ3n) is 4.76. The molecule has 1 aromatic rings. The second-order valence-corrected chi connectivity index (χ2v) is 6.77. The fourth-order valence-corrected chi connectivity index (χ4v) is 3.00. The maximum Gasteiger partial charge on any atom is 0.317 e. The molecule has 0 unspecified atom stereocenters. The van der Waals surface area contributed by atoms with Gasteiger partial charge < -0.3 is 10.2 Å². The molecule has 1 aliphatic heterocycles. The number of carbonyl (C=O) groups is 1. The highest BCUT2D eigenvalue weighted by Crippen LogP contribution is 2.18. The Morgan fingerprint density at radius 1 is 1.30 bits per heavy atom. The molecule has 0 saturated carbocycles. The van der Waals surface area contributed by atoms with Gasteiger partial charge in [-0.1, -0.05) is 44.2 Å². The molecule has 23 heavy (non-hydrogen) atoms. The Morgan fingerprint density at radius 3 is 2.52 bits per heavy atom. The molecule has 1 heterocycles. The van der Waals surface area contributed by atoms with E-state index in [0.29, 0.717) is 31.5 Å². The van der Waals surface area contributed by atoms with Gasteiger partial charge in [-0.15, -0.1) is 0 Å². The Bertz CT molecular complexity index is 527. The number of rotatable bonds is 5. The van der Waals surface area contributed by atoms with Gasteiger partial charge in [-0.25, -0.2) is 4.79 Å². The molecule has 2 amide bonds. The van der Waals surface area contributed by atoms with Crippen molar-refractivity contribution in [1.29, 1.82) is 5.26 Å². The van der Waals surface area contributed by atoms with Crippen molar-refractivity contribution < 1.29 is 4.79 Å². The van der Waals surface area contributed by atoms with Crippen LogP contribution in [0.1, 0.15) is 32.3 Å². The average Bonchev–Trinajstić information content (AvgIpc) is 2.59. The first-order valence-corrected chi connectivity index (χ1v) is 8.56. The van der Waals surface area contributed by atoms with Gasteiger partial charge in [0.25, 0.3) is 0 Å². The molecule has 1 aromatic carbocycles. The van der Waals surface area contributed by atoms with Crippen LogP contribution in [-0.2, 0) is 6.42 Å². The second-order valence-electron chi connectivity index (χ2n) is 6.77. The SMILES string of the molecule is CC(C)[C@@H](CNC(=O)N1CCC(C#N)CC1)Cc1ccccc1. The summed E-state index contributed by atoms with van der Waals surface area (Å²) < 4.78 is 0. The summed E-state index contributed by atoms with van der Waals surface area (Å²) in [6.07, 6.45) is 2.57. The highest BCUT2D eigenvalue weighted by molar-refractivity contribution is 5.74. The number of benzene rings is 1. The predicted molar refractivity (Wildman–Crippen MR) is 91.8 cm³/mol. The topological polar surface area (TPSA) is 56.1 Å². The largest absolute Gasteiger partial charge is 0.338 e. The first kappa shape index (κ1) is 17.3. The Morgan fingerprint density at radius 2 is 1.96 bits per heavy atom. The molecule has 0 spiro atoms. The van der Waals surface area contributed by atoms with E-state index in [1.807, 2.05) is 11.0 Å². The summed E-state index contributed by atoms with van der Waals surface area (Å²) in [4.78, 5) is 14.1. The molecule has 1 saturated heterocycles. The monoisotopic (exact) mass is 313 g/mol. The standard InChI is InChI=1S/C19H27N3O/c1-15(2)18(12-16-6-4-3-5-7-16)14-21-19(23)22-10-8-17(13-20)9-11-22/h3-7,15,17-18H,8-12,14H2,1-2H3,(H,21,23)/t18-/m1/s1. The summed E-state index contributed by atoms with van der Waals surface area (Å²) in [5, 5.41) is 12.0. The zero-order chi connectivity index (χ0) is 16.7. The first-order chi connectivity index (χ1) is 11.1. The van der Waals surface area contributed by atoms with Crippen molar-refractivity contribution in [3.8, 4) is 6.07 Å². The summed E-state index contributed by atoms with van der Waals surface area (Å²) in [6.45, 7) is 6.49. The van der Waals surface area contributed by atoms with Crippen LogP contribution >= 0.6 is 0 Å². The van der Waals surface area contributed by atoms with Gasteiger partial charge in [0.2, 0.25) is 0 Å². The number of hydrogen-bond acceptors (Lipinski definition) is 2. The van der Waals surface area contributed by atoms with Crippen molar-refractivity contribution in [1.82, 2.24) is 10.2 Å². The minimum Gasteiger partial charge on any atom is -0.338 e. The lowest BCUT2D eigenvalue weighted by Crippen LogP contribution is -2.46. The number of amides is 2. The van der Waals surface area contributed by atoms with Crippen LogP contribution in [-0.4, -0.2) is 30.6 Å². The fourth-order valence-electron chi connectivity index (χ4n) is 3.00. The van der Waals surface area contributed by atoms with Crippen molar-refractivity contribution in [2.75, 3.05) is 19.6 Å². The number of carbonyl (C=O) groups excluding carboxylic acids is 1. The predicted octanol–water partition coefficient (Wildman–Crippen LogP) is 3.45. The minimum absolute atomic E-state index is 0.0140. The Balaban J connectivity index is 1.82. The molecule has 1 atom stereocenters. The zero-order valence-electron chi connectivity index (χ0n) is 14.2. The number of hydrogen-bond donors (Lipinski definition) is 1. The summed E-state index contributed by atoms with van der Waals surface area (Å²) in [5.74, 6) is 1.05. The van der Waals surface area contributed by atoms with Gasteiger partial charge in [0.15, 0.2) is 0 Å². The van der Waals surface area contributed by atoms with Gasteiger partial charge in [0.1, 0.15) is 0 Å². The normalized spacial score (nSPS) is 16.9. The summed E-state index contributed by atoms with van der Waals surface area (Å²) in [7, 11) is 0. The van der Waals surface area contributed by atoms with Crippen LogP contribution in [0.3, 0.4) is 0 Å². The number of piperidine rings is 1. The molecule has 1 fully saturated rings. The smallest absolute Gasteiger partial charge is 0.317 e. The molecule has 0 aliphatic carbocycles. The van der Waals surface area contributed by atoms with Gasteiger partial charge in [0, 0.05) is 25.6 Å². The van der Waals surface area contributed by atoms with E-state index >= 15 is 0 Å². The molecule has 0 bridgehead atoms. The van der Waals surface area contributed by atoms with E-state index in [0.717, 1.165) is 19.3 Å². The van der Waals surface area contributed by atoms with Crippen molar-refractivity contribution in [3.63, 3.8) is 0 Å². The zero-order valence-corrected chi connectivity index (χ0v) is 14.2. The Labute approximate surface area is 139 Å². The van der Waals surface area contributed by atoms with Crippen molar-refractivity contribution in [2.24, 2.45) is 17.8 Å². The van der Waals surface area contributed by atoms with Gasteiger partial charge >= 0.3 is 6.03 Å². The minimum atomic E-state index is 0.0140. The van der Waals surface area contributed by atoms with E-state index in [-0.39, 0.29) is 11.9 Å². The van der Waals surface area contributed by atoms with Crippen LogP contribution in [0.5, 0.6) is 0 Å². The lowest BCUT2D eigenvalue weighted by atomic mass is 9.89. The average molecular weight is 313 g/mol. The van der Waals surface area contributed by atoms with E-state index in [9.17, 15) is 4.79 Å². The van der Waals surface area contributed by atoms with Crippen LogP contribution in [0.25, 0.3) is 0 Å². The van der Waals surface area contributed by atoms with Gasteiger partial charge in [-0.3, -0.25) is 0 Å². The number of nitrogens with zero attached hydrogens (tertiary/aromatic N) is 2. The summed E-state index contributed by atoms with van der Waals surface area (Å²) in [5.41, 5.74) is 1.32. The molecule has 0 radical (unpaired) electrons. The number of urea groups is 1. The van der Waals surface area contributed by atoms with Gasteiger partial charge in [-0.05, 0) is 36.7 Å². The summed E-state index contributed by atoms with van der Waals surface area (Å²) in [6, 6.07) is 12.7. The third kappa shape index (κ3) is 5.28. The molecule has 1 aliphatic rings. The Kier molecular flexibility index (Phi) is 6.46. The quantitative estimate of drug-likeness (QED) is 0.905.